The van der Waals surface area contributed by atoms with Gasteiger partial charge in [0.1, 0.15) is 0 Å². The minimum atomic E-state index is -0.389. The SMILES string of the molecule is CCc1cc2ccc(C(N)=O)cc2[nH]1. The monoisotopic (exact) mass is 188 g/mol. The Kier molecular flexibility index (Phi) is 2.00. The Morgan fingerprint density at radius 3 is 2.86 bits per heavy atom. The van der Waals surface area contributed by atoms with Gasteiger partial charge in [0.15, 0.2) is 0 Å². The number of fused-ring (bicyclic) bond motifs is 1. The quantitative estimate of drug-likeness (QED) is 0.742. The highest BCUT2D eigenvalue weighted by Crippen LogP contribution is 2.17. The Bertz CT molecular complexity index is 485. The second-order valence-corrected chi connectivity index (χ2v) is 3.31. The molecule has 0 bridgehead atoms. The second-order valence-electron chi connectivity index (χ2n) is 3.31. The van der Waals surface area contributed by atoms with Gasteiger partial charge in [-0.1, -0.05) is 13.0 Å². The van der Waals surface area contributed by atoms with E-state index in [2.05, 4.69) is 18.0 Å². The standard InChI is InChI=1S/C11H12N2O/c1-2-9-5-7-3-4-8(11(12)14)6-10(7)13-9/h3-6,13H,2H2,1H3,(H2,12,14). The number of nitrogens with one attached hydrogen (secondary N) is 1. The third-order valence-electron chi connectivity index (χ3n) is 2.34. The topological polar surface area (TPSA) is 58.9 Å². The van der Waals surface area contributed by atoms with Crippen LogP contribution >= 0.6 is 0 Å². The molecule has 2 rings (SSSR count). The molecule has 14 heavy (non-hydrogen) atoms. The molecule has 1 heterocycles. The summed E-state index contributed by atoms with van der Waals surface area (Å²) >= 11 is 0. The molecule has 1 aromatic carbocycles. The molecule has 72 valence electrons. The molecule has 0 radical (unpaired) electrons. The third kappa shape index (κ3) is 1.37. The van der Waals surface area contributed by atoms with E-state index in [1.54, 1.807) is 12.1 Å². The molecule has 0 fully saturated rings. The van der Waals surface area contributed by atoms with E-state index in [0.29, 0.717) is 5.56 Å². The van der Waals surface area contributed by atoms with E-state index in [0.717, 1.165) is 17.3 Å². The van der Waals surface area contributed by atoms with Crippen LogP contribution in [0.3, 0.4) is 0 Å². The van der Waals surface area contributed by atoms with Crippen LogP contribution in [0.15, 0.2) is 24.3 Å². The molecule has 0 aliphatic carbocycles. The maximum atomic E-state index is 10.9. The van der Waals surface area contributed by atoms with Crippen molar-refractivity contribution in [2.75, 3.05) is 0 Å². The molecule has 0 saturated heterocycles. The zero-order valence-corrected chi connectivity index (χ0v) is 8.00. The van der Waals surface area contributed by atoms with E-state index in [4.69, 9.17) is 5.73 Å². The Morgan fingerprint density at radius 1 is 1.43 bits per heavy atom. The first kappa shape index (κ1) is 8.81. The van der Waals surface area contributed by atoms with Crippen molar-refractivity contribution in [3.63, 3.8) is 0 Å². The summed E-state index contributed by atoms with van der Waals surface area (Å²) in [5.41, 5.74) is 7.87. The van der Waals surface area contributed by atoms with Crippen molar-refractivity contribution in [2.24, 2.45) is 5.73 Å². The van der Waals surface area contributed by atoms with Gasteiger partial charge in [-0.05, 0) is 30.0 Å². The summed E-state index contributed by atoms with van der Waals surface area (Å²) in [6.45, 7) is 2.08. The molecule has 0 saturated carbocycles. The number of carbonyl (C=O) groups excluding carboxylic acids is 1. The number of nitrogens with two attached hydrogens (primary N) is 1. The molecule has 0 aliphatic rings. The zero-order chi connectivity index (χ0) is 10.1. The number of aromatic amines is 1. The van der Waals surface area contributed by atoms with Crippen molar-refractivity contribution in [3.05, 3.63) is 35.5 Å². The van der Waals surface area contributed by atoms with Gasteiger partial charge in [-0.25, -0.2) is 0 Å². The van der Waals surface area contributed by atoms with Gasteiger partial charge in [0, 0.05) is 16.8 Å². The molecule has 0 atom stereocenters. The Labute approximate surface area is 81.9 Å². The lowest BCUT2D eigenvalue weighted by Gasteiger charge is -1.94. The summed E-state index contributed by atoms with van der Waals surface area (Å²) in [4.78, 5) is 14.2. The first-order chi connectivity index (χ1) is 6.70. The fourth-order valence-corrected chi connectivity index (χ4v) is 1.53. The van der Waals surface area contributed by atoms with Crippen LogP contribution in [0.1, 0.15) is 23.0 Å². The maximum absolute atomic E-state index is 10.9. The van der Waals surface area contributed by atoms with Crippen molar-refractivity contribution in [3.8, 4) is 0 Å². The average Bonchev–Trinajstić information content (AvgIpc) is 2.58. The second kappa shape index (κ2) is 3.18. The smallest absolute Gasteiger partial charge is 0.248 e. The normalized spacial score (nSPS) is 10.6. The van der Waals surface area contributed by atoms with E-state index in [1.165, 1.54) is 5.69 Å². The summed E-state index contributed by atoms with van der Waals surface area (Å²) in [6.07, 6.45) is 0.959. The van der Waals surface area contributed by atoms with Crippen molar-refractivity contribution in [1.29, 1.82) is 0 Å². The van der Waals surface area contributed by atoms with Crippen LogP contribution in [0.5, 0.6) is 0 Å². The van der Waals surface area contributed by atoms with Crippen molar-refractivity contribution in [1.82, 2.24) is 4.98 Å². The first-order valence-corrected chi connectivity index (χ1v) is 4.62. The van der Waals surface area contributed by atoms with E-state index < -0.39 is 0 Å². The lowest BCUT2D eigenvalue weighted by atomic mass is 10.1. The number of amides is 1. The van der Waals surface area contributed by atoms with Gasteiger partial charge >= 0.3 is 0 Å². The van der Waals surface area contributed by atoms with E-state index >= 15 is 0 Å². The molecule has 3 heteroatoms. The predicted octanol–water partition coefficient (Wildman–Crippen LogP) is 1.83. The Hall–Kier alpha value is -1.77. The largest absolute Gasteiger partial charge is 0.366 e. The number of H-pyrrole nitrogens is 1. The first-order valence-electron chi connectivity index (χ1n) is 4.62. The molecule has 0 unspecified atom stereocenters. The molecule has 2 aromatic rings. The zero-order valence-electron chi connectivity index (χ0n) is 8.00. The highest BCUT2D eigenvalue weighted by atomic mass is 16.1. The van der Waals surface area contributed by atoms with E-state index in [-0.39, 0.29) is 5.91 Å². The summed E-state index contributed by atoms with van der Waals surface area (Å²) in [5.74, 6) is -0.389. The van der Waals surface area contributed by atoms with Crippen molar-refractivity contribution in [2.45, 2.75) is 13.3 Å². The number of hydrogen-bond acceptors (Lipinski definition) is 1. The molecular weight excluding hydrogens is 176 g/mol. The van der Waals surface area contributed by atoms with Gasteiger partial charge in [0.25, 0.3) is 0 Å². The predicted molar refractivity (Wildman–Crippen MR) is 56.2 cm³/mol. The van der Waals surface area contributed by atoms with Crippen LogP contribution in [0, 0.1) is 0 Å². The minimum absolute atomic E-state index is 0.389. The minimum Gasteiger partial charge on any atom is -0.366 e. The average molecular weight is 188 g/mol. The number of carbonyl (C=O) groups is 1. The van der Waals surface area contributed by atoms with Gasteiger partial charge in [0.2, 0.25) is 5.91 Å². The van der Waals surface area contributed by atoms with E-state index in [9.17, 15) is 4.79 Å². The van der Waals surface area contributed by atoms with Crippen LogP contribution in [-0.2, 0) is 6.42 Å². The van der Waals surface area contributed by atoms with Crippen molar-refractivity contribution >= 4 is 16.8 Å². The highest BCUT2D eigenvalue weighted by Gasteiger charge is 2.03. The number of benzene rings is 1. The van der Waals surface area contributed by atoms with Crippen LogP contribution in [0.4, 0.5) is 0 Å². The number of rotatable bonds is 2. The molecule has 1 aromatic heterocycles. The summed E-state index contributed by atoms with van der Waals surface area (Å²) in [5, 5.41) is 1.12. The van der Waals surface area contributed by atoms with Crippen LogP contribution in [-0.4, -0.2) is 10.9 Å². The number of primary amides is 1. The summed E-state index contributed by atoms with van der Waals surface area (Å²) in [6, 6.07) is 7.53. The molecule has 3 nitrogen and oxygen atoms in total. The third-order valence-corrected chi connectivity index (χ3v) is 2.34. The molecule has 3 N–H and O–H groups in total. The highest BCUT2D eigenvalue weighted by molar-refractivity contribution is 5.96. The van der Waals surface area contributed by atoms with Gasteiger partial charge in [0.05, 0.1) is 0 Å². The Balaban J connectivity index is 2.59. The lowest BCUT2D eigenvalue weighted by Crippen LogP contribution is -2.10. The molecule has 0 spiro atoms. The lowest BCUT2D eigenvalue weighted by molar-refractivity contribution is 0.100. The van der Waals surface area contributed by atoms with Crippen molar-refractivity contribution < 1.29 is 4.79 Å². The maximum Gasteiger partial charge on any atom is 0.248 e. The van der Waals surface area contributed by atoms with Gasteiger partial charge in [-0.15, -0.1) is 0 Å². The number of hydrogen-bond donors (Lipinski definition) is 2. The van der Waals surface area contributed by atoms with Gasteiger partial charge in [-0.2, -0.15) is 0 Å². The van der Waals surface area contributed by atoms with Crippen LogP contribution in [0.25, 0.3) is 10.9 Å². The molecular formula is C11H12N2O. The fourth-order valence-electron chi connectivity index (χ4n) is 1.53. The van der Waals surface area contributed by atoms with Crippen LogP contribution < -0.4 is 5.73 Å². The fraction of sp³-hybridized carbons (Fsp3) is 0.182. The van der Waals surface area contributed by atoms with Gasteiger partial charge in [-0.3, -0.25) is 4.79 Å². The van der Waals surface area contributed by atoms with Gasteiger partial charge < -0.3 is 10.7 Å². The molecule has 0 aliphatic heterocycles. The number of aromatic nitrogens is 1. The Morgan fingerprint density at radius 2 is 2.21 bits per heavy atom. The van der Waals surface area contributed by atoms with Crippen LogP contribution in [0.2, 0.25) is 0 Å². The number of aryl methyl sites for hydroxylation is 1. The summed E-state index contributed by atoms with van der Waals surface area (Å²) in [7, 11) is 0. The van der Waals surface area contributed by atoms with E-state index in [1.807, 2.05) is 6.07 Å². The summed E-state index contributed by atoms with van der Waals surface area (Å²) < 4.78 is 0. The molecule has 1 amide bonds.